The fourth-order valence-corrected chi connectivity index (χ4v) is 9.20. The molecule has 14 heteroatoms. The number of sulfone groups is 1. The van der Waals surface area contributed by atoms with Gasteiger partial charge in [-0.25, -0.2) is 17.2 Å². The van der Waals surface area contributed by atoms with E-state index in [0.717, 1.165) is 30.3 Å². The van der Waals surface area contributed by atoms with Gasteiger partial charge in [0.05, 0.1) is 10.9 Å². The van der Waals surface area contributed by atoms with Crippen molar-refractivity contribution in [2.24, 2.45) is 5.41 Å². The van der Waals surface area contributed by atoms with Crippen molar-refractivity contribution in [3.63, 3.8) is 0 Å². The molecule has 2 saturated heterocycles. The number of carbonyl (C=O) groups excluding carboxylic acids is 1. The highest BCUT2D eigenvalue weighted by atomic mass is 32.2. The van der Waals surface area contributed by atoms with E-state index in [0.29, 0.717) is 38.1 Å². The minimum atomic E-state index is -6.34. The van der Waals surface area contributed by atoms with E-state index in [4.69, 9.17) is 0 Å². The van der Waals surface area contributed by atoms with Crippen molar-refractivity contribution in [2.75, 3.05) is 19.6 Å². The van der Waals surface area contributed by atoms with Crippen LogP contribution in [0, 0.1) is 11.2 Å². The van der Waals surface area contributed by atoms with Gasteiger partial charge in [0.25, 0.3) is 0 Å². The number of carbonyl (C=O) groups is 1. The first kappa shape index (κ1) is 30.7. The summed E-state index contributed by atoms with van der Waals surface area (Å²) in [5, 5.41) is 3.16. The molecule has 1 N–H and O–H groups in total. The van der Waals surface area contributed by atoms with E-state index in [1.54, 1.807) is 6.92 Å². The van der Waals surface area contributed by atoms with E-state index in [-0.39, 0.29) is 47.7 Å². The molecule has 2 aliphatic heterocycles. The average Bonchev–Trinajstić information content (AvgIpc) is 3.33. The predicted octanol–water partition coefficient (Wildman–Crippen LogP) is 5.72. The lowest BCUT2D eigenvalue weighted by Gasteiger charge is -2.45. The molecule has 2 aromatic rings. The van der Waals surface area contributed by atoms with Crippen molar-refractivity contribution < 1.29 is 48.3 Å². The summed E-state index contributed by atoms with van der Waals surface area (Å²) < 4.78 is 137. The Labute approximate surface area is 237 Å². The zero-order valence-electron chi connectivity index (χ0n) is 22.4. The summed E-state index contributed by atoms with van der Waals surface area (Å²) in [6.45, 7) is 2.87. The number of nitrogens with one attached hydrogen (secondary N) is 1. The zero-order chi connectivity index (χ0) is 30.9. The van der Waals surface area contributed by atoms with E-state index >= 15 is 0 Å². The molecule has 5 nitrogen and oxygen atoms in total. The highest BCUT2D eigenvalue weighted by molar-refractivity contribution is 7.92. The number of amides is 1. The van der Waals surface area contributed by atoms with Crippen molar-refractivity contribution in [3.8, 4) is 0 Å². The number of piperidine rings is 1. The molecular weight excluding hydrogens is 596 g/mol. The maximum Gasteiger partial charge on any atom is 0.435 e. The summed E-state index contributed by atoms with van der Waals surface area (Å²) in [5.74, 6) is -1.01. The topological polar surface area (TPSA) is 66.5 Å². The number of hydrogen-bond acceptors (Lipinski definition) is 4. The van der Waals surface area contributed by atoms with Crippen molar-refractivity contribution in [1.29, 1.82) is 0 Å². The van der Waals surface area contributed by atoms with Crippen molar-refractivity contribution in [3.05, 3.63) is 65.0 Å². The highest BCUT2D eigenvalue weighted by Gasteiger charge is 2.74. The SMILES string of the molecule is CC1(C(=O)N2CC[C@]3(S(=O)(=O)c4ccc(F)cc4)c4ccc(C(F)(C(F)(F)F)C(F)(F)F)cc4CC[C@H]23)CCNCC1. The Morgan fingerprint density at radius 3 is 2.10 bits per heavy atom. The lowest BCUT2D eigenvalue weighted by molar-refractivity contribution is -0.348. The largest absolute Gasteiger partial charge is 0.435 e. The summed E-state index contributed by atoms with van der Waals surface area (Å²) in [7, 11) is -4.52. The first-order chi connectivity index (χ1) is 19.4. The molecule has 2 aromatic carbocycles. The maximum atomic E-state index is 15.0. The highest BCUT2D eigenvalue weighted by Crippen LogP contribution is 2.57. The molecule has 5 rings (SSSR count). The Balaban J connectivity index is 1.69. The van der Waals surface area contributed by atoms with Crippen molar-refractivity contribution in [2.45, 2.75) is 72.7 Å². The van der Waals surface area contributed by atoms with Crippen LogP contribution >= 0.6 is 0 Å². The Hall–Kier alpha value is -2.74. The van der Waals surface area contributed by atoms with Crippen LogP contribution in [0.4, 0.5) is 35.1 Å². The number of fused-ring (bicyclic) bond motifs is 3. The molecule has 0 saturated carbocycles. The van der Waals surface area contributed by atoms with Crippen LogP contribution in [0.25, 0.3) is 0 Å². The number of alkyl halides is 7. The lowest BCUT2D eigenvalue weighted by Crippen LogP contribution is -2.56. The van der Waals surface area contributed by atoms with Crippen LogP contribution in [0.1, 0.15) is 49.3 Å². The third-order valence-electron chi connectivity index (χ3n) is 9.15. The Morgan fingerprint density at radius 2 is 1.52 bits per heavy atom. The van der Waals surface area contributed by atoms with Gasteiger partial charge in [-0.05, 0) is 80.6 Å². The Kier molecular flexibility index (Phi) is 7.24. The zero-order valence-corrected chi connectivity index (χ0v) is 23.2. The lowest BCUT2D eigenvalue weighted by atomic mass is 9.75. The summed E-state index contributed by atoms with van der Waals surface area (Å²) in [4.78, 5) is 15.0. The summed E-state index contributed by atoms with van der Waals surface area (Å²) in [6.07, 6.45) is -12.2. The first-order valence-electron chi connectivity index (χ1n) is 13.4. The minimum absolute atomic E-state index is 0.0354. The normalized spacial score (nSPS) is 24.7. The number of hydrogen-bond donors (Lipinski definition) is 1. The second-order valence-corrected chi connectivity index (χ2v) is 13.7. The summed E-state index contributed by atoms with van der Waals surface area (Å²) >= 11 is 0. The second-order valence-electron chi connectivity index (χ2n) is 11.5. The first-order valence-corrected chi connectivity index (χ1v) is 14.9. The Morgan fingerprint density at radius 1 is 0.929 bits per heavy atom. The van der Waals surface area contributed by atoms with Crippen molar-refractivity contribution in [1.82, 2.24) is 10.2 Å². The van der Waals surface area contributed by atoms with E-state index in [1.807, 2.05) is 0 Å². The van der Waals surface area contributed by atoms with Gasteiger partial charge in [-0.1, -0.05) is 25.1 Å². The van der Waals surface area contributed by atoms with Crippen LogP contribution in [0.3, 0.4) is 0 Å². The van der Waals surface area contributed by atoms with Gasteiger partial charge in [0.1, 0.15) is 10.6 Å². The van der Waals surface area contributed by atoms with E-state index < -0.39 is 55.4 Å². The van der Waals surface area contributed by atoms with E-state index in [1.165, 1.54) is 4.90 Å². The number of halogens is 8. The van der Waals surface area contributed by atoms with Crippen LogP contribution in [-0.2, 0) is 31.5 Å². The molecule has 42 heavy (non-hydrogen) atoms. The van der Waals surface area contributed by atoms with E-state index in [9.17, 15) is 48.3 Å². The van der Waals surface area contributed by atoms with Gasteiger partial charge >= 0.3 is 18.0 Å². The minimum Gasteiger partial charge on any atom is -0.337 e. The maximum absolute atomic E-state index is 15.0. The van der Waals surface area contributed by atoms with Crippen LogP contribution in [0.5, 0.6) is 0 Å². The van der Waals surface area contributed by atoms with Crippen molar-refractivity contribution >= 4 is 15.7 Å². The molecule has 0 bridgehead atoms. The number of aryl methyl sites for hydroxylation is 1. The van der Waals surface area contributed by atoms with Gasteiger partial charge in [-0.2, -0.15) is 26.3 Å². The average molecular weight is 625 g/mol. The van der Waals surface area contributed by atoms with Crippen LogP contribution in [0.15, 0.2) is 47.4 Å². The molecule has 230 valence electrons. The van der Waals surface area contributed by atoms with Gasteiger partial charge in [-0.15, -0.1) is 0 Å². The fourth-order valence-electron chi connectivity index (χ4n) is 6.84. The van der Waals surface area contributed by atoms with Gasteiger partial charge in [0, 0.05) is 17.5 Å². The van der Waals surface area contributed by atoms with Gasteiger partial charge in [0.2, 0.25) is 5.91 Å². The molecule has 2 atom stereocenters. The molecule has 2 fully saturated rings. The number of likely N-dealkylation sites (tertiary alicyclic amines) is 1. The van der Waals surface area contributed by atoms with Gasteiger partial charge < -0.3 is 10.2 Å². The molecule has 2 heterocycles. The number of rotatable bonds is 4. The quantitative estimate of drug-likeness (QED) is 0.349. The smallest absolute Gasteiger partial charge is 0.337 e. The van der Waals surface area contributed by atoms with Gasteiger partial charge in [0.15, 0.2) is 9.84 Å². The molecule has 1 aliphatic carbocycles. The standard InChI is InChI=1S/C28H28F8N2O3S/c1-24(10-13-37-14-11-24)23(39)38-15-12-25(42(40,41)20-6-4-19(29)5-7-20)21-8-3-18(16-17(21)2-9-22(25)38)26(30,27(31,32)33)28(34,35)36/h3-8,16,22,37H,2,9-15H2,1H3/t22-,25-/m0/s1. The predicted molar refractivity (Wildman–Crippen MR) is 135 cm³/mol. The van der Waals surface area contributed by atoms with E-state index in [2.05, 4.69) is 5.32 Å². The molecule has 0 radical (unpaired) electrons. The fraction of sp³-hybridized carbons (Fsp3) is 0.536. The monoisotopic (exact) mass is 624 g/mol. The third-order valence-corrected chi connectivity index (χ3v) is 11.7. The molecule has 0 aromatic heterocycles. The van der Waals surface area contributed by atoms with Crippen LogP contribution in [0.2, 0.25) is 0 Å². The number of benzene rings is 2. The molecule has 0 unspecified atom stereocenters. The Bertz CT molecular complexity index is 1470. The second kappa shape index (κ2) is 9.90. The third kappa shape index (κ3) is 4.34. The van der Waals surface area contributed by atoms with Gasteiger partial charge in [-0.3, -0.25) is 4.79 Å². The molecule has 0 spiro atoms. The summed E-state index contributed by atoms with van der Waals surface area (Å²) in [6, 6.07) is 4.45. The molecule has 1 amide bonds. The molecular formula is C28H28F8N2O3S. The van der Waals surface area contributed by atoms with Crippen LogP contribution in [-0.4, -0.2) is 57.3 Å². The number of nitrogens with zero attached hydrogens (tertiary/aromatic N) is 1. The molecule has 3 aliphatic rings. The van der Waals surface area contributed by atoms with Crippen LogP contribution < -0.4 is 5.32 Å². The summed E-state index contributed by atoms with van der Waals surface area (Å²) in [5.41, 5.74) is -8.48.